The maximum Gasteiger partial charge on any atom is 0.125 e. The van der Waals surface area contributed by atoms with Gasteiger partial charge in [0.2, 0.25) is 0 Å². The van der Waals surface area contributed by atoms with Crippen LogP contribution in [0.3, 0.4) is 0 Å². The quantitative estimate of drug-likeness (QED) is 0.780. The molecule has 0 aliphatic rings. The molecule has 2 rings (SSSR count). The van der Waals surface area contributed by atoms with Crippen LogP contribution in [-0.2, 0) is 0 Å². The maximum absolute atomic E-state index is 9.98. The third-order valence-electron chi connectivity index (χ3n) is 2.87. The molecule has 4 heteroatoms. The van der Waals surface area contributed by atoms with Crippen molar-refractivity contribution in [3.63, 3.8) is 0 Å². The van der Waals surface area contributed by atoms with Crippen LogP contribution >= 0.6 is 0 Å². The van der Waals surface area contributed by atoms with E-state index in [2.05, 4.69) is 28.9 Å². The molecule has 4 N–H and O–H groups in total. The Balaban J connectivity index is 0.00000200. The van der Waals surface area contributed by atoms with E-state index in [0.717, 1.165) is 22.5 Å². The summed E-state index contributed by atoms with van der Waals surface area (Å²) in [5.41, 5.74) is 3.41. The van der Waals surface area contributed by atoms with Crippen LogP contribution in [-0.4, -0.2) is 14.9 Å². The minimum absolute atomic E-state index is 0. The number of phenols is 1. The van der Waals surface area contributed by atoms with Gasteiger partial charge in [0.05, 0.1) is 11.4 Å². The molecule has 0 bridgehead atoms. The topological polar surface area (TPSA) is 73.0 Å². The molecule has 0 saturated heterocycles. The van der Waals surface area contributed by atoms with Crippen molar-refractivity contribution in [3.05, 3.63) is 35.5 Å². The zero-order chi connectivity index (χ0) is 13.8. The number of benzene rings is 1. The highest BCUT2D eigenvalue weighted by molar-refractivity contribution is 5.71. The molecule has 0 aliphatic carbocycles. The summed E-state index contributed by atoms with van der Waals surface area (Å²) in [4.78, 5) is 0. The first kappa shape index (κ1) is 15.4. The SMILES string of the molecule is CC#CC#Cn1nc(C)c(C)c1-c1ccccc1O.N. The van der Waals surface area contributed by atoms with E-state index in [0.29, 0.717) is 0 Å². The summed E-state index contributed by atoms with van der Waals surface area (Å²) in [6, 6.07) is 10.0. The fourth-order valence-electron chi connectivity index (χ4n) is 1.82. The number of nitrogens with zero attached hydrogens (tertiary/aromatic N) is 2. The lowest BCUT2D eigenvalue weighted by Crippen LogP contribution is -1.95. The molecule has 0 aliphatic heterocycles. The lowest BCUT2D eigenvalue weighted by atomic mass is 10.1. The molecule has 0 fully saturated rings. The average molecular weight is 267 g/mol. The van der Waals surface area contributed by atoms with Crippen molar-refractivity contribution in [3.8, 4) is 40.8 Å². The van der Waals surface area contributed by atoms with Crippen molar-refractivity contribution in [1.82, 2.24) is 15.9 Å². The van der Waals surface area contributed by atoms with Gasteiger partial charge in [0.15, 0.2) is 0 Å². The second-order valence-corrected chi connectivity index (χ2v) is 4.10. The second-order valence-electron chi connectivity index (χ2n) is 4.10. The molecule has 20 heavy (non-hydrogen) atoms. The summed E-state index contributed by atoms with van der Waals surface area (Å²) < 4.78 is 1.57. The van der Waals surface area contributed by atoms with Gasteiger partial charge in [0, 0.05) is 17.5 Å². The molecule has 1 aromatic carbocycles. The van der Waals surface area contributed by atoms with E-state index in [4.69, 9.17) is 0 Å². The normalized spacial score (nSPS) is 8.75. The van der Waals surface area contributed by atoms with Crippen molar-refractivity contribution in [2.75, 3.05) is 0 Å². The summed E-state index contributed by atoms with van der Waals surface area (Å²) in [6.45, 7) is 5.62. The Labute approximate surface area is 119 Å². The van der Waals surface area contributed by atoms with Crippen LogP contribution < -0.4 is 6.15 Å². The van der Waals surface area contributed by atoms with E-state index >= 15 is 0 Å². The molecule has 2 aromatic rings. The van der Waals surface area contributed by atoms with Gasteiger partial charge in [-0.3, -0.25) is 0 Å². The third-order valence-corrected chi connectivity index (χ3v) is 2.87. The fourth-order valence-corrected chi connectivity index (χ4v) is 1.82. The number of para-hydroxylation sites is 1. The molecule has 0 atom stereocenters. The molecular formula is C16H17N3O. The minimum atomic E-state index is 0. The first-order valence-electron chi connectivity index (χ1n) is 5.92. The highest BCUT2D eigenvalue weighted by Gasteiger charge is 2.15. The number of aromatic nitrogens is 2. The van der Waals surface area contributed by atoms with E-state index < -0.39 is 0 Å². The predicted molar refractivity (Wildman–Crippen MR) is 80.4 cm³/mol. The zero-order valence-corrected chi connectivity index (χ0v) is 11.9. The van der Waals surface area contributed by atoms with Gasteiger partial charge < -0.3 is 11.3 Å². The summed E-state index contributed by atoms with van der Waals surface area (Å²) in [5, 5.41) is 14.3. The summed E-state index contributed by atoms with van der Waals surface area (Å²) >= 11 is 0. The molecule has 102 valence electrons. The molecule has 0 unspecified atom stereocenters. The van der Waals surface area contributed by atoms with E-state index in [-0.39, 0.29) is 11.9 Å². The van der Waals surface area contributed by atoms with Gasteiger partial charge in [-0.25, -0.2) is 0 Å². The van der Waals surface area contributed by atoms with E-state index in [1.165, 1.54) is 0 Å². The molecule has 4 nitrogen and oxygen atoms in total. The Morgan fingerprint density at radius 1 is 1.15 bits per heavy atom. The van der Waals surface area contributed by atoms with Gasteiger partial charge >= 0.3 is 0 Å². The molecule has 0 radical (unpaired) electrons. The van der Waals surface area contributed by atoms with Gasteiger partial charge in [0.1, 0.15) is 5.75 Å². The lowest BCUT2D eigenvalue weighted by Gasteiger charge is -2.05. The van der Waals surface area contributed by atoms with Crippen molar-refractivity contribution < 1.29 is 5.11 Å². The number of phenolic OH excluding ortho intramolecular Hbond substituents is 1. The van der Waals surface area contributed by atoms with Crippen molar-refractivity contribution in [2.24, 2.45) is 0 Å². The predicted octanol–water partition coefficient (Wildman–Crippen LogP) is 2.87. The zero-order valence-electron chi connectivity index (χ0n) is 11.9. The minimum Gasteiger partial charge on any atom is -0.507 e. The van der Waals surface area contributed by atoms with Crippen LogP contribution in [0.2, 0.25) is 0 Å². The molecule has 1 aromatic heterocycles. The second kappa shape index (κ2) is 6.47. The first-order chi connectivity index (χ1) is 9.15. The summed E-state index contributed by atoms with van der Waals surface area (Å²) in [7, 11) is 0. The van der Waals surface area contributed by atoms with Crippen LogP contribution in [0.4, 0.5) is 0 Å². The molecular weight excluding hydrogens is 250 g/mol. The standard InChI is InChI=1S/C16H14N2O.H3N/c1-4-5-8-11-18-16(12(2)13(3)17-18)14-9-6-7-10-15(14)19;/h6-7,9-10,19H,1-3H3;1H3. The molecule has 1 heterocycles. The lowest BCUT2D eigenvalue weighted by molar-refractivity contribution is 0.477. The Hall–Kier alpha value is -2.69. The van der Waals surface area contributed by atoms with Gasteiger partial charge in [-0.15, -0.1) is 0 Å². The van der Waals surface area contributed by atoms with Crippen LogP contribution in [0, 0.1) is 37.7 Å². The summed E-state index contributed by atoms with van der Waals surface area (Å²) in [5.74, 6) is 8.35. The van der Waals surface area contributed by atoms with Crippen LogP contribution in [0.5, 0.6) is 5.75 Å². The van der Waals surface area contributed by atoms with Crippen molar-refractivity contribution >= 4 is 0 Å². The highest BCUT2D eigenvalue weighted by atomic mass is 16.3. The smallest absolute Gasteiger partial charge is 0.125 e. The number of aryl methyl sites for hydroxylation is 1. The van der Waals surface area contributed by atoms with Crippen LogP contribution in [0.15, 0.2) is 24.3 Å². The van der Waals surface area contributed by atoms with Gasteiger partial charge in [0.25, 0.3) is 0 Å². The van der Waals surface area contributed by atoms with E-state index in [9.17, 15) is 5.11 Å². The number of hydrogen-bond acceptors (Lipinski definition) is 3. The number of rotatable bonds is 1. The highest BCUT2D eigenvalue weighted by Crippen LogP contribution is 2.31. The average Bonchev–Trinajstić information content (AvgIpc) is 2.67. The van der Waals surface area contributed by atoms with Gasteiger partial charge in [-0.05, 0) is 44.4 Å². The Bertz CT molecular complexity index is 737. The Morgan fingerprint density at radius 3 is 2.50 bits per heavy atom. The Morgan fingerprint density at radius 2 is 1.85 bits per heavy atom. The fraction of sp³-hybridized carbons (Fsp3) is 0.188. The van der Waals surface area contributed by atoms with Gasteiger partial charge in [-0.1, -0.05) is 18.1 Å². The van der Waals surface area contributed by atoms with Gasteiger partial charge in [-0.2, -0.15) is 9.78 Å². The summed E-state index contributed by atoms with van der Waals surface area (Å²) in [6.07, 6.45) is 0. The van der Waals surface area contributed by atoms with E-state index in [1.807, 2.05) is 26.0 Å². The molecule has 0 spiro atoms. The van der Waals surface area contributed by atoms with Crippen LogP contribution in [0.1, 0.15) is 18.2 Å². The number of aromatic hydroxyl groups is 1. The van der Waals surface area contributed by atoms with E-state index in [1.54, 1.807) is 23.7 Å². The van der Waals surface area contributed by atoms with Crippen molar-refractivity contribution in [1.29, 1.82) is 0 Å². The monoisotopic (exact) mass is 267 g/mol. The Kier molecular flexibility index (Phi) is 4.97. The molecule has 0 amide bonds. The largest absolute Gasteiger partial charge is 0.507 e. The van der Waals surface area contributed by atoms with Crippen molar-refractivity contribution in [2.45, 2.75) is 20.8 Å². The first-order valence-corrected chi connectivity index (χ1v) is 5.92. The van der Waals surface area contributed by atoms with Crippen LogP contribution in [0.25, 0.3) is 11.3 Å². The number of hydrogen-bond donors (Lipinski definition) is 2. The maximum atomic E-state index is 9.98. The molecule has 0 saturated carbocycles. The third kappa shape index (κ3) is 2.83.